The Morgan fingerprint density at radius 3 is 2.00 bits per heavy atom. The number of benzene rings is 2. The number of anilines is 1. The summed E-state index contributed by atoms with van der Waals surface area (Å²) in [5, 5.41) is 13.6. The van der Waals surface area contributed by atoms with Crippen LogP contribution >= 0.6 is 20.5 Å². The fourth-order valence-corrected chi connectivity index (χ4v) is 7.56. The first-order valence-electron chi connectivity index (χ1n) is 10.2. The molecule has 0 N–H and O–H groups in total. The van der Waals surface area contributed by atoms with Crippen molar-refractivity contribution in [3.05, 3.63) is 70.6 Å². The smallest absolute Gasteiger partial charge is 0.210 e. The van der Waals surface area contributed by atoms with Crippen molar-refractivity contribution in [2.24, 2.45) is 20.7 Å². The highest BCUT2D eigenvalue weighted by Crippen LogP contribution is 2.56. The Labute approximate surface area is 194 Å². The van der Waals surface area contributed by atoms with Gasteiger partial charge >= 0.3 is 0 Å². The number of amidine groups is 1. The Hall–Kier alpha value is -2.84. The van der Waals surface area contributed by atoms with E-state index in [0.29, 0.717) is 22.6 Å². The zero-order chi connectivity index (χ0) is 23.0. The highest BCUT2D eigenvalue weighted by atomic mass is 33.1. The van der Waals surface area contributed by atoms with Gasteiger partial charge in [-0.25, -0.2) is 4.41 Å². The quantitative estimate of drug-likeness (QED) is 0.212. The van der Waals surface area contributed by atoms with Crippen molar-refractivity contribution in [1.82, 2.24) is 0 Å². The van der Waals surface area contributed by atoms with Crippen molar-refractivity contribution in [3.8, 4) is 0 Å². The molecule has 0 bridgehead atoms. The van der Waals surface area contributed by atoms with Gasteiger partial charge in [0.05, 0.1) is 16.2 Å². The van der Waals surface area contributed by atoms with Crippen LogP contribution in [0.3, 0.4) is 0 Å². The predicted molar refractivity (Wildman–Crippen MR) is 135 cm³/mol. The standard InChI is InChI=1S/C24H24N4O2S2/c1-15(29)17-6-10-19(11-7-17)25-26-23-21-14-22(24(3,4)5)31-32(21)28(27-23)20-12-8-18(9-13-20)16(2)30/h6-14H,1-5H3. The normalized spacial score (nSPS) is 18.1. The second-order valence-electron chi connectivity index (χ2n) is 8.56. The van der Waals surface area contributed by atoms with Gasteiger partial charge in [-0.15, -0.1) is 15.3 Å². The molecule has 2 heterocycles. The third kappa shape index (κ3) is 4.52. The molecular weight excluding hydrogens is 440 g/mol. The monoisotopic (exact) mass is 464 g/mol. The summed E-state index contributed by atoms with van der Waals surface area (Å²) in [6, 6.07) is 14.5. The molecule has 1 unspecified atom stereocenters. The molecule has 0 spiro atoms. The summed E-state index contributed by atoms with van der Waals surface area (Å²) in [6.07, 6.45) is 2.18. The molecule has 0 saturated carbocycles. The minimum absolute atomic E-state index is 0.0162. The van der Waals surface area contributed by atoms with Crippen LogP contribution in [0.4, 0.5) is 11.4 Å². The fourth-order valence-electron chi connectivity index (χ4n) is 3.02. The zero-order valence-electron chi connectivity index (χ0n) is 18.6. The number of carbonyl (C=O) groups is 2. The van der Waals surface area contributed by atoms with Gasteiger partial charge in [-0.3, -0.25) is 9.59 Å². The van der Waals surface area contributed by atoms with E-state index in [1.807, 2.05) is 28.7 Å². The molecule has 1 atom stereocenters. The minimum Gasteiger partial charge on any atom is -0.295 e. The Morgan fingerprint density at radius 1 is 0.906 bits per heavy atom. The van der Waals surface area contributed by atoms with Gasteiger partial charge in [0.1, 0.15) is 0 Å². The Bertz CT molecular complexity index is 1220. The number of azo groups is 1. The Morgan fingerprint density at radius 2 is 1.47 bits per heavy atom. The number of hydrazone groups is 1. The molecule has 0 aromatic heterocycles. The molecule has 0 fully saturated rings. The van der Waals surface area contributed by atoms with E-state index in [2.05, 4.69) is 37.1 Å². The summed E-state index contributed by atoms with van der Waals surface area (Å²) in [7, 11) is 1.43. The number of hydrogen-bond donors (Lipinski definition) is 0. The molecule has 2 aliphatic rings. The number of Topliss-reactive ketones (excluding diaryl/α,β-unsaturated/α-hetero) is 2. The molecule has 8 heteroatoms. The first-order chi connectivity index (χ1) is 15.1. The SMILES string of the molecule is CC(=O)c1ccc(N=NC2=NN(c3ccc(C(C)=O)cc3)S3=C2C=C(C(C)(C)C)S3)cc1. The summed E-state index contributed by atoms with van der Waals surface area (Å²) in [4.78, 5) is 25.4. The summed E-state index contributed by atoms with van der Waals surface area (Å²) >= 11 is 0. The molecule has 0 radical (unpaired) electrons. The van der Waals surface area contributed by atoms with Gasteiger partial charge in [0.15, 0.2) is 11.6 Å². The topological polar surface area (TPSA) is 74.5 Å². The Kier molecular flexibility index (Phi) is 6.01. The van der Waals surface area contributed by atoms with E-state index in [1.165, 1.54) is 11.8 Å². The largest absolute Gasteiger partial charge is 0.295 e. The molecule has 2 aliphatic heterocycles. The van der Waals surface area contributed by atoms with E-state index >= 15 is 0 Å². The van der Waals surface area contributed by atoms with Crippen molar-refractivity contribution in [1.29, 1.82) is 0 Å². The van der Waals surface area contributed by atoms with Crippen molar-refractivity contribution < 1.29 is 9.59 Å². The molecule has 0 aliphatic carbocycles. The predicted octanol–water partition coefficient (Wildman–Crippen LogP) is 6.96. The van der Waals surface area contributed by atoms with Crippen molar-refractivity contribution in [2.45, 2.75) is 34.6 Å². The van der Waals surface area contributed by atoms with Crippen LogP contribution in [0, 0.1) is 5.41 Å². The second-order valence-corrected chi connectivity index (χ2v) is 11.9. The van der Waals surface area contributed by atoms with E-state index in [4.69, 9.17) is 5.10 Å². The molecule has 32 heavy (non-hydrogen) atoms. The van der Waals surface area contributed by atoms with E-state index in [-0.39, 0.29) is 26.7 Å². The van der Waals surface area contributed by atoms with Gasteiger partial charge in [-0.2, -0.15) is 0 Å². The lowest BCUT2D eigenvalue weighted by atomic mass is 9.95. The van der Waals surface area contributed by atoms with E-state index in [0.717, 1.165) is 10.6 Å². The van der Waals surface area contributed by atoms with Crippen LogP contribution in [0.15, 0.2) is 74.8 Å². The van der Waals surface area contributed by atoms with Crippen LogP contribution in [0.5, 0.6) is 0 Å². The van der Waals surface area contributed by atoms with Crippen LogP contribution in [0.25, 0.3) is 0 Å². The van der Waals surface area contributed by atoms with Crippen LogP contribution in [0.2, 0.25) is 0 Å². The average molecular weight is 465 g/mol. The van der Waals surface area contributed by atoms with Gasteiger partial charge in [0.25, 0.3) is 0 Å². The van der Waals surface area contributed by atoms with Crippen molar-refractivity contribution >= 4 is 54.1 Å². The molecule has 0 saturated heterocycles. The molecule has 2 aromatic rings. The molecular formula is C24H24N4O2S2. The highest BCUT2D eigenvalue weighted by molar-refractivity contribution is 8.86. The van der Waals surface area contributed by atoms with E-state index in [1.54, 1.807) is 42.0 Å². The average Bonchev–Trinajstić information content (AvgIpc) is 3.33. The fraction of sp³-hybridized carbons (Fsp3) is 0.250. The number of hydrogen-bond acceptors (Lipinski definition) is 7. The van der Waals surface area contributed by atoms with Gasteiger partial charge in [0.2, 0.25) is 5.84 Å². The number of allylic oxidation sites excluding steroid dienone is 1. The second kappa shape index (κ2) is 8.60. The Balaban J connectivity index is 1.67. The summed E-state index contributed by atoms with van der Waals surface area (Å²) < 4.78 is 1.96. The maximum atomic E-state index is 11.6. The van der Waals surface area contributed by atoms with E-state index in [9.17, 15) is 9.59 Å². The molecule has 4 rings (SSSR count). The highest BCUT2D eigenvalue weighted by Gasteiger charge is 2.35. The lowest BCUT2D eigenvalue weighted by molar-refractivity contribution is 0.100. The molecule has 0 amide bonds. The van der Waals surface area contributed by atoms with Crippen LogP contribution in [0.1, 0.15) is 55.3 Å². The summed E-state index contributed by atoms with van der Waals surface area (Å²) in [5.74, 6) is 0.627. The molecule has 6 nitrogen and oxygen atoms in total. The van der Waals surface area contributed by atoms with Gasteiger partial charge in [-0.05, 0) is 84.7 Å². The van der Waals surface area contributed by atoms with Crippen LogP contribution < -0.4 is 4.41 Å². The van der Waals surface area contributed by atoms with Gasteiger partial charge in [0, 0.05) is 25.7 Å². The van der Waals surface area contributed by atoms with Gasteiger partial charge in [-0.1, -0.05) is 20.8 Å². The number of nitrogens with zero attached hydrogens (tertiary/aromatic N) is 4. The first kappa shape index (κ1) is 22.4. The zero-order valence-corrected chi connectivity index (χ0v) is 20.3. The lowest BCUT2D eigenvalue weighted by Gasteiger charge is -2.23. The number of ketones is 2. The number of rotatable bonds is 4. The maximum absolute atomic E-state index is 11.6. The molecule has 164 valence electrons. The minimum atomic E-state index is -0.361. The van der Waals surface area contributed by atoms with Crippen LogP contribution in [-0.2, 0) is 0 Å². The first-order valence-corrected chi connectivity index (χ1v) is 12.7. The maximum Gasteiger partial charge on any atom is 0.210 e. The summed E-state index contributed by atoms with van der Waals surface area (Å²) in [5.41, 5.74) is 2.90. The lowest BCUT2D eigenvalue weighted by Crippen LogP contribution is -2.10. The van der Waals surface area contributed by atoms with E-state index < -0.39 is 0 Å². The van der Waals surface area contributed by atoms with Crippen molar-refractivity contribution in [2.75, 3.05) is 4.41 Å². The third-order valence-electron chi connectivity index (χ3n) is 4.95. The number of carbonyl (C=O) groups excluding carboxylic acids is 2. The summed E-state index contributed by atoms with van der Waals surface area (Å²) in [6.45, 7) is 9.68. The van der Waals surface area contributed by atoms with Gasteiger partial charge < -0.3 is 0 Å². The van der Waals surface area contributed by atoms with Crippen molar-refractivity contribution in [3.63, 3.8) is 0 Å². The van der Waals surface area contributed by atoms with Crippen LogP contribution in [-0.4, -0.2) is 22.3 Å². The third-order valence-corrected chi connectivity index (χ3v) is 9.28. The molecule has 2 aromatic carbocycles.